The number of benzene rings is 2. The fourth-order valence-electron chi connectivity index (χ4n) is 4.62. The second-order valence-electron chi connectivity index (χ2n) is 7.92. The summed E-state index contributed by atoms with van der Waals surface area (Å²) in [5.74, 6) is 0.796. The molecule has 1 fully saturated rings. The van der Waals surface area contributed by atoms with Crippen LogP contribution in [0, 0.1) is 0 Å². The van der Waals surface area contributed by atoms with Gasteiger partial charge in [0.1, 0.15) is 0 Å². The first-order chi connectivity index (χ1) is 12.3. The first-order valence-corrected chi connectivity index (χ1v) is 10.3. The van der Waals surface area contributed by atoms with Gasteiger partial charge in [0, 0.05) is 0 Å². The Morgan fingerprint density at radius 1 is 0.920 bits per heavy atom. The monoisotopic (exact) mass is 330 g/mol. The van der Waals surface area contributed by atoms with Crippen molar-refractivity contribution in [3.05, 3.63) is 64.7 Å². The Kier molecular flexibility index (Phi) is 5.06. The number of hydrogen-bond acceptors (Lipinski definition) is 0. The molecule has 0 aromatic heterocycles. The van der Waals surface area contributed by atoms with Gasteiger partial charge < -0.3 is 0 Å². The molecule has 25 heavy (non-hydrogen) atoms. The van der Waals surface area contributed by atoms with Crippen LogP contribution in [0.25, 0.3) is 17.2 Å². The van der Waals surface area contributed by atoms with Crippen LogP contribution in [0.5, 0.6) is 0 Å². The molecule has 130 valence electrons. The average Bonchev–Trinajstić information content (AvgIpc) is 3.10. The van der Waals surface area contributed by atoms with Crippen molar-refractivity contribution in [3.63, 3.8) is 0 Å². The van der Waals surface area contributed by atoms with Crippen molar-refractivity contribution >= 4 is 6.08 Å². The molecule has 0 aliphatic heterocycles. The molecule has 0 bridgehead atoms. The van der Waals surface area contributed by atoms with E-state index in [2.05, 4.69) is 55.5 Å². The predicted octanol–water partition coefficient (Wildman–Crippen LogP) is 7.53. The highest BCUT2D eigenvalue weighted by atomic mass is 14.2. The zero-order valence-electron chi connectivity index (χ0n) is 15.6. The lowest BCUT2D eigenvalue weighted by Crippen LogP contribution is -2.04. The van der Waals surface area contributed by atoms with Gasteiger partial charge in [-0.3, -0.25) is 0 Å². The van der Waals surface area contributed by atoms with E-state index in [0.29, 0.717) is 0 Å². The molecule has 0 amide bonds. The van der Waals surface area contributed by atoms with Crippen molar-refractivity contribution in [2.75, 3.05) is 0 Å². The van der Waals surface area contributed by atoms with E-state index >= 15 is 0 Å². The van der Waals surface area contributed by atoms with Gasteiger partial charge in [-0.2, -0.15) is 0 Å². The highest BCUT2D eigenvalue weighted by Crippen LogP contribution is 2.37. The van der Waals surface area contributed by atoms with E-state index < -0.39 is 0 Å². The van der Waals surface area contributed by atoms with Gasteiger partial charge >= 0.3 is 0 Å². The summed E-state index contributed by atoms with van der Waals surface area (Å²) in [6.45, 7) is 2.28. The van der Waals surface area contributed by atoms with Gasteiger partial charge in [0.2, 0.25) is 0 Å². The van der Waals surface area contributed by atoms with E-state index in [0.717, 1.165) is 12.3 Å². The Bertz CT molecular complexity index is 742. The lowest BCUT2D eigenvalue weighted by Gasteiger charge is -2.22. The van der Waals surface area contributed by atoms with Gasteiger partial charge in [-0.1, -0.05) is 86.7 Å². The van der Waals surface area contributed by atoms with E-state index in [1.54, 1.807) is 11.1 Å². The molecule has 2 aliphatic rings. The maximum atomic E-state index is 2.47. The predicted molar refractivity (Wildman–Crippen MR) is 109 cm³/mol. The van der Waals surface area contributed by atoms with Crippen molar-refractivity contribution in [1.29, 1.82) is 0 Å². The van der Waals surface area contributed by atoms with Crippen LogP contribution in [0.4, 0.5) is 0 Å². The fraction of sp³-hybridized carbons (Fsp3) is 0.440. The van der Waals surface area contributed by atoms with Gasteiger partial charge in [-0.25, -0.2) is 0 Å². The summed E-state index contributed by atoms with van der Waals surface area (Å²) in [6.07, 6.45) is 14.5. The number of rotatable bonds is 5. The Morgan fingerprint density at radius 3 is 2.48 bits per heavy atom. The van der Waals surface area contributed by atoms with Crippen LogP contribution < -0.4 is 0 Å². The molecular weight excluding hydrogens is 300 g/mol. The molecule has 0 unspecified atom stereocenters. The van der Waals surface area contributed by atoms with Crippen molar-refractivity contribution in [1.82, 2.24) is 0 Å². The summed E-state index contributed by atoms with van der Waals surface area (Å²) in [4.78, 5) is 0. The zero-order chi connectivity index (χ0) is 17.1. The molecule has 0 heteroatoms. The molecule has 0 atom stereocenters. The number of unbranched alkanes of at least 4 members (excludes halogenated alkanes) is 1. The van der Waals surface area contributed by atoms with Gasteiger partial charge in [-0.05, 0) is 65.8 Å². The molecule has 0 spiro atoms. The number of fused-ring (bicyclic) bond motifs is 1. The normalized spacial score (nSPS) is 17.4. The van der Waals surface area contributed by atoms with Crippen LogP contribution in [-0.2, 0) is 6.42 Å². The second kappa shape index (κ2) is 7.60. The molecule has 2 aromatic carbocycles. The average molecular weight is 331 g/mol. The molecular formula is C25H30. The van der Waals surface area contributed by atoms with E-state index in [9.17, 15) is 0 Å². The molecule has 0 nitrogen and oxygen atoms in total. The van der Waals surface area contributed by atoms with E-state index in [1.807, 2.05) is 0 Å². The maximum Gasteiger partial charge on any atom is -0.00576 e. The van der Waals surface area contributed by atoms with Crippen LogP contribution in [-0.4, -0.2) is 0 Å². The summed E-state index contributed by atoms with van der Waals surface area (Å²) >= 11 is 0. The van der Waals surface area contributed by atoms with Crippen LogP contribution >= 0.6 is 0 Å². The van der Waals surface area contributed by atoms with Crippen LogP contribution in [0.2, 0.25) is 0 Å². The SMILES string of the molecule is CCCCC1=Cc2c(cccc2-c2ccc(C3CCCCC3)cc2)C1. The summed E-state index contributed by atoms with van der Waals surface area (Å²) in [5, 5.41) is 0. The van der Waals surface area contributed by atoms with Crippen molar-refractivity contribution in [2.24, 2.45) is 0 Å². The quantitative estimate of drug-likeness (QED) is 0.531. The summed E-state index contributed by atoms with van der Waals surface area (Å²) in [6, 6.07) is 16.3. The minimum atomic E-state index is 0.796. The molecule has 1 saturated carbocycles. The Morgan fingerprint density at radius 2 is 1.72 bits per heavy atom. The second-order valence-corrected chi connectivity index (χ2v) is 7.92. The maximum absolute atomic E-state index is 2.47. The number of allylic oxidation sites excluding steroid dienone is 1. The van der Waals surface area contributed by atoms with Crippen molar-refractivity contribution < 1.29 is 0 Å². The molecule has 2 aromatic rings. The molecule has 2 aliphatic carbocycles. The van der Waals surface area contributed by atoms with Crippen LogP contribution in [0.15, 0.2) is 48.0 Å². The molecule has 0 saturated heterocycles. The standard InChI is InChI=1S/C25H30/c1-2-3-8-19-17-23-11-7-12-24(25(23)18-19)22-15-13-21(14-16-22)20-9-5-4-6-10-20/h7,11-16,18,20H,2-6,8-10,17H2,1H3. The van der Waals surface area contributed by atoms with Crippen molar-refractivity contribution in [2.45, 2.75) is 70.6 Å². The summed E-state index contributed by atoms with van der Waals surface area (Å²) < 4.78 is 0. The Balaban J connectivity index is 1.58. The van der Waals surface area contributed by atoms with E-state index in [-0.39, 0.29) is 0 Å². The summed E-state index contributed by atoms with van der Waals surface area (Å²) in [7, 11) is 0. The van der Waals surface area contributed by atoms with Crippen LogP contribution in [0.3, 0.4) is 0 Å². The number of hydrogen-bond donors (Lipinski definition) is 0. The molecule has 4 rings (SSSR count). The third-order valence-electron chi connectivity index (χ3n) is 6.11. The van der Waals surface area contributed by atoms with Gasteiger partial charge in [0.15, 0.2) is 0 Å². The summed E-state index contributed by atoms with van der Waals surface area (Å²) in [5.41, 5.74) is 8.95. The van der Waals surface area contributed by atoms with Gasteiger partial charge in [0.05, 0.1) is 0 Å². The van der Waals surface area contributed by atoms with Crippen molar-refractivity contribution in [3.8, 4) is 11.1 Å². The van der Waals surface area contributed by atoms with E-state index in [4.69, 9.17) is 0 Å². The highest BCUT2D eigenvalue weighted by molar-refractivity contribution is 5.80. The zero-order valence-corrected chi connectivity index (χ0v) is 15.6. The van der Waals surface area contributed by atoms with Gasteiger partial charge in [0.25, 0.3) is 0 Å². The largest absolute Gasteiger partial charge is 0.0654 e. The minimum absolute atomic E-state index is 0.796. The third kappa shape index (κ3) is 3.59. The molecule has 0 N–H and O–H groups in total. The fourth-order valence-corrected chi connectivity index (χ4v) is 4.62. The Labute approximate surface area is 153 Å². The molecule has 0 radical (unpaired) electrons. The van der Waals surface area contributed by atoms with E-state index in [1.165, 1.54) is 73.6 Å². The van der Waals surface area contributed by atoms with Crippen LogP contribution in [0.1, 0.15) is 80.9 Å². The highest BCUT2D eigenvalue weighted by Gasteiger charge is 2.18. The first kappa shape index (κ1) is 16.6. The van der Waals surface area contributed by atoms with Gasteiger partial charge in [-0.15, -0.1) is 0 Å². The smallest absolute Gasteiger partial charge is 0.00576 e. The minimum Gasteiger partial charge on any atom is -0.0654 e. The Hall–Kier alpha value is -1.82. The topological polar surface area (TPSA) is 0 Å². The molecule has 0 heterocycles. The lowest BCUT2D eigenvalue weighted by atomic mass is 9.83. The lowest BCUT2D eigenvalue weighted by molar-refractivity contribution is 0.443. The first-order valence-electron chi connectivity index (χ1n) is 10.3. The third-order valence-corrected chi connectivity index (χ3v) is 6.11.